The van der Waals surface area contributed by atoms with Gasteiger partial charge in [0.2, 0.25) is 10.0 Å². The zero-order chi connectivity index (χ0) is 18.9. The van der Waals surface area contributed by atoms with Gasteiger partial charge >= 0.3 is 0 Å². The average Bonchev–Trinajstić information content (AvgIpc) is 2.59. The number of guanidine groups is 1. The summed E-state index contributed by atoms with van der Waals surface area (Å²) in [6.07, 6.45) is 3.92. The van der Waals surface area contributed by atoms with Crippen LogP contribution in [0, 0.1) is 0 Å². The molecule has 0 spiro atoms. The maximum Gasteiger partial charge on any atom is 0.242 e. The Kier molecular flexibility index (Phi) is 8.65. The molecule has 0 heterocycles. The molecule has 0 unspecified atom stereocenters. The average molecular weight is 367 g/mol. The number of unbranched alkanes of at least 4 members (excludes halogenated alkanes) is 1. The van der Waals surface area contributed by atoms with Gasteiger partial charge in [-0.15, -0.1) is 6.58 Å². The predicted octanol–water partition coefficient (Wildman–Crippen LogP) is 2.30. The lowest BCUT2D eigenvalue weighted by molar-refractivity contribution is 0.470. The van der Waals surface area contributed by atoms with Crippen LogP contribution in [0.3, 0.4) is 0 Å². The molecule has 1 aromatic rings. The maximum absolute atomic E-state index is 12.1. The van der Waals surface area contributed by atoms with E-state index in [0.29, 0.717) is 11.4 Å². The summed E-state index contributed by atoms with van der Waals surface area (Å²) < 4.78 is 25.4. The minimum absolute atomic E-state index is 0.290. The fourth-order valence-corrected chi connectivity index (χ4v) is 3.09. The van der Waals surface area contributed by atoms with Crippen LogP contribution in [-0.4, -0.2) is 57.8 Å². The second kappa shape index (κ2) is 10.2. The minimum Gasteiger partial charge on any atom is -0.357 e. The van der Waals surface area contributed by atoms with Crippen LogP contribution in [0.15, 0.2) is 46.8 Å². The Morgan fingerprint density at radius 1 is 1.24 bits per heavy atom. The van der Waals surface area contributed by atoms with E-state index in [1.807, 2.05) is 20.0 Å². The first kappa shape index (κ1) is 21.2. The van der Waals surface area contributed by atoms with Crippen molar-refractivity contribution in [3.05, 3.63) is 42.5 Å². The largest absolute Gasteiger partial charge is 0.357 e. The van der Waals surface area contributed by atoms with Crippen molar-refractivity contribution in [2.45, 2.75) is 31.2 Å². The molecule has 0 aliphatic heterocycles. The SMILES string of the molecule is C=CCCCN(C)C(=NCc1ccc(S(=O)(=O)N(C)C)cc1)NCC. The van der Waals surface area contributed by atoms with Gasteiger partial charge in [-0.1, -0.05) is 18.2 Å². The van der Waals surface area contributed by atoms with Crippen LogP contribution in [0.1, 0.15) is 25.3 Å². The fourth-order valence-electron chi connectivity index (χ4n) is 2.19. The third kappa shape index (κ3) is 6.51. The van der Waals surface area contributed by atoms with Gasteiger partial charge in [0.05, 0.1) is 11.4 Å². The summed E-state index contributed by atoms with van der Waals surface area (Å²) in [7, 11) is 1.67. The van der Waals surface area contributed by atoms with Gasteiger partial charge in [0.25, 0.3) is 0 Å². The number of hydrogen-bond donors (Lipinski definition) is 1. The molecule has 140 valence electrons. The zero-order valence-corrected chi connectivity index (χ0v) is 16.5. The van der Waals surface area contributed by atoms with Crippen LogP contribution >= 0.6 is 0 Å². The molecule has 0 saturated heterocycles. The van der Waals surface area contributed by atoms with Crippen LogP contribution in [0.5, 0.6) is 0 Å². The molecule has 25 heavy (non-hydrogen) atoms. The second-order valence-electron chi connectivity index (χ2n) is 5.95. The van der Waals surface area contributed by atoms with Crippen molar-refractivity contribution in [1.82, 2.24) is 14.5 Å². The molecule has 0 aromatic heterocycles. The first-order chi connectivity index (χ1) is 11.8. The van der Waals surface area contributed by atoms with Crippen molar-refractivity contribution in [1.29, 1.82) is 0 Å². The van der Waals surface area contributed by atoms with E-state index in [0.717, 1.165) is 37.5 Å². The normalized spacial score (nSPS) is 12.3. The second-order valence-corrected chi connectivity index (χ2v) is 8.11. The lowest BCUT2D eigenvalue weighted by atomic mass is 10.2. The maximum atomic E-state index is 12.1. The molecule has 0 radical (unpaired) electrons. The van der Waals surface area contributed by atoms with E-state index in [4.69, 9.17) is 0 Å². The number of aliphatic imine (C=N–C) groups is 1. The highest BCUT2D eigenvalue weighted by Gasteiger charge is 2.16. The van der Waals surface area contributed by atoms with Gasteiger partial charge in [-0.25, -0.2) is 17.7 Å². The standard InChI is InChI=1S/C18H30N4O2S/c1-6-8-9-14-22(5)18(19-7-2)20-15-16-10-12-17(13-11-16)25(23,24)21(3)4/h6,10-13H,1,7-9,14-15H2,2-5H3,(H,19,20). The van der Waals surface area contributed by atoms with E-state index >= 15 is 0 Å². The summed E-state index contributed by atoms with van der Waals surface area (Å²) in [5.41, 5.74) is 0.965. The zero-order valence-electron chi connectivity index (χ0n) is 15.7. The van der Waals surface area contributed by atoms with E-state index in [1.165, 1.54) is 18.4 Å². The van der Waals surface area contributed by atoms with Gasteiger partial charge in [-0.2, -0.15) is 0 Å². The number of benzene rings is 1. The summed E-state index contributed by atoms with van der Waals surface area (Å²) in [6, 6.07) is 6.87. The number of hydrogen-bond acceptors (Lipinski definition) is 3. The Hall–Kier alpha value is -1.86. The Morgan fingerprint density at radius 3 is 2.40 bits per heavy atom. The Labute approximate surface area is 152 Å². The molecule has 1 N–H and O–H groups in total. The molecule has 0 fully saturated rings. The van der Waals surface area contributed by atoms with E-state index < -0.39 is 10.0 Å². The third-order valence-electron chi connectivity index (χ3n) is 3.71. The molecule has 7 heteroatoms. The van der Waals surface area contributed by atoms with Gasteiger partial charge in [0.1, 0.15) is 0 Å². The molecule has 0 saturated carbocycles. The summed E-state index contributed by atoms with van der Waals surface area (Å²) in [6.45, 7) is 7.97. The van der Waals surface area contributed by atoms with E-state index in [1.54, 1.807) is 24.3 Å². The molecule has 0 aliphatic rings. The fraction of sp³-hybridized carbons (Fsp3) is 0.500. The van der Waals surface area contributed by atoms with Crippen LogP contribution in [0.2, 0.25) is 0 Å². The number of rotatable bonds is 9. The van der Waals surface area contributed by atoms with Crippen molar-refractivity contribution in [3.63, 3.8) is 0 Å². The molecule has 0 aliphatic carbocycles. The molecule has 0 bridgehead atoms. The highest BCUT2D eigenvalue weighted by Crippen LogP contribution is 2.14. The van der Waals surface area contributed by atoms with Crippen LogP contribution < -0.4 is 5.32 Å². The van der Waals surface area contributed by atoms with E-state index in [9.17, 15) is 8.42 Å². The van der Waals surface area contributed by atoms with Gasteiger partial charge in [0.15, 0.2) is 5.96 Å². The number of allylic oxidation sites excluding steroid dienone is 1. The number of sulfonamides is 1. The van der Waals surface area contributed by atoms with E-state index in [2.05, 4.69) is 21.8 Å². The first-order valence-electron chi connectivity index (χ1n) is 8.44. The molecular weight excluding hydrogens is 336 g/mol. The monoisotopic (exact) mass is 366 g/mol. The highest BCUT2D eigenvalue weighted by atomic mass is 32.2. The topological polar surface area (TPSA) is 65.0 Å². The van der Waals surface area contributed by atoms with Crippen molar-refractivity contribution in [3.8, 4) is 0 Å². The summed E-state index contributed by atoms with van der Waals surface area (Å²) >= 11 is 0. The van der Waals surface area contributed by atoms with E-state index in [-0.39, 0.29) is 0 Å². The number of nitrogens with one attached hydrogen (secondary N) is 1. The molecule has 0 atom stereocenters. The Balaban J connectivity index is 2.80. The van der Waals surface area contributed by atoms with Crippen molar-refractivity contribution >= 4 is 16.0 Å². The quantitative estimate of drug-likeness (QED) is 0.315. The van der Waals surface area contributed by atoms with Gasteiger partial charge in [0, 0.05) is 34.2 Å². The summed E-state index contributed by atoms with van der Waals surface area (Å²) in [5.74, 6) is 0.844. The third-order valence-corrected chi connectivity index (χ3v) is 5.54. The Morgan fingerprint density at radius 2 is 1.88 bits per heavy atom. The summed E-state index contributed by atoms with van der Waals surface area (Å²) in [4.78, 5) is 7.02. The molecule has 6 nitrogen and oxygen atoms in total. The smallest absolute Gasteiger partial charge is 0.242 e. The van der Waals surface area contributed by atoms with Crippen molar-refractivity contribution < 1.29 is 8.42 Å². The van der Waals surface area contributed by atoms with Gasteiger partial charge < -0.3 is 10.2 Å². The molecule has 0 amide bonds. The molecule has 1 aromatic carbocycles. The lowest BCUT2D eigenvalue weighted by Gasteiger charge is -2.21. The van der Waals surface area contributed by atoms with Crippen LogP contribution in [-0.2, 0) is 16.6 Å². The Bertz CT molecular complexity index is 667. The number of nitrogens with zero attached hydrogens (tertiary/aromatic N) is 3. The molecular formula is C18H30N4O2S. The van der Waals surface area contributed by atoms with Gasteiger partial charge in [-0.05, 0) is 37.5 Å². The van der Waals surface area contributed by atoms with Crippen LogP contribution in [0.25, 0.3) is 0 Å². The van der Waals surface area contributed by atoms with Crippen molar-refractivity contribution in [2.24, 2.45) is 4.99 Å². The van der Waals surface area contributed by atoms with Gasteiger partial charge in [-0.3, -0.25) is 0 Å². The predicted molar refractivity (Wildman–Crippen MR) is 104 cm³/mol. The molecule has 1 rings (SSSR count). The highest BCUT2D eigenvalue weighted by molar-refractivity contribution is 7.89. The summed E-state index contributed by atoms with van der Waals surface area (Å²) in [5, 5.41) is 3.28. The first-order valence-corrected chi connectivity index (χ1v) is 9.88. The van der Waals surface area contributed by atoms with Crippen LogP contribution in [0.4, 0.5) is 0 Å². The lowest BCUT2D eigenvalue weighted by Crippen LogP contribution is -2.39. The minimum atomic E-state index is -3.39. The van der Waals surface area contributed by atoms with Crippen molar-refractivity contribution in [2.75, 3.05) is 34.2 Å².